The molecule has 0 atom stereocenters. The first kappa shape index (κ1) is 14.7. The van der Waals surface area contributed by atoms with Crippen molar-refractivity contribution in [3.63, 3.8) is 0 Å². The van der Waals surface area contributed by atoms with Crippen molar-refractivity contribution in [3.05, 3.63) is 18.2 Å². The molecule has 1 aromatic rings. The summed E-state index contributed by atoms with van der Waals surface area (Å²) in [7, 11) is 0. The van der Waals surface area contributed by atoms with Gasteiger partial charge in [0.1, 0.15) is 5.75 Å². The van der Waals surface area contributed by atoms with Crippen LogP contribution >= 0.6 is 11.8 Å². The summed E-state index contributed by atoms with van der Waals surface area (Å²) in [5.41, 5.74) is -0.203. The summed E-state index contributed by atoms with van der Waals surface area (Å²) in [6.45, 7) is 3.84. The predicted molar refractivity (Wildman–Crippen MR) is 77.4 cm³/mol. The van der Waals surface area contributed by atoms with E-state index >= 15 is 0 Å². The molecule has 108 valence electrons. The Morgan fingerprint density at radius 2 is 2.10 bits per heavy atom. The molecule has 0 radical (unpaired) electrons. The maximum Gasteiger partial charge on any atom is 0.313 e. The van der Waals surface area contributed by atoms with Gasteiger partial charge in [-0.3, -0.25) is 9.59 Å². The quantitative estimate of drug-likeness (QED) is 0.817. The molecule has 1 aromatic carbocycles. The van der Waals surface area contributed by atoms with Crippen molar-refractivity contribution in [1.82, 2.24) is 0 Å². The van der Waals surface area contributed by atoms with Gasteiger partial charge in [0.25, 0.3) is 5.91 Å². The topological polar surface area (TPSA) is 75.6 Å². The van der Waals surface area contributed by atoms with Gasteiger partial charge in [-0.2, -0.15) is 0 Å². The second kappa shape index (κ2) is 5.75. The Hall–Kier alpha value is -1.69. The number of rotatable bonds is 5. The van der Waals surface area contributed by atoms with Crippen LogP contribution in [0.2, 0.25) is 0 Å². The lowest BCUT2D eigenvalue weighted by Gasteiger charge is -2.36. The van der Waals surface area contributed by atoms with Crippen LogP contribution in [0.1, 0.15) is 26.7 Å². The van der Waals surface area contributed by atoms with Gasteiger partial charge in [0.15, 0.2) is 5.60 Å². The van der Waals surface area contributed by atoms with E-state index in [2.05, 4.69) is 5.32 Å². The number of benzene rings is 1. The third-order valence-electron chi connectivity index (χ3n) is 3.42. The minimum Gasteiger partial charge on any atom is -0.481 e. The molecule has 2 N–H and O–H groups in total. The molecule has 1 heterocycles. The first-order valence-electron chi connectivity index (χ1n) is 6.50. The Bertz CT molecular complexity index is 540. The predicted octanol–water partition coefficient (Wildman–Crippen LogP) is 2.75. The molecule has 0 unspecified atom stereocenters. The molecule has 0 saturated heterocycles. The van der Waals surface area contributed by atoms with Crippen LogP contribution in [0, 0.1) is 0 Å². The van der Waals surface area contributed by atoms with Gasteiger partial charge in [0.2, 0.25) is 0 Å². The van der Waals surface area contributed by atoms with Crippen molar-refractivity contribution < 1.29 is 19.4 Å². The summed E-state index contributed by atoms with van der Waals surface area (Å²) in [6, 6.07) is 5.33. The molecule has 2 rings (SSSR count). The summed E-state index contributed by atoms with van der Waals surface area (Å²) in [4.78, 5) is 23.5. The number of aliphatic carboxylic acids is 1. The van der Waals surface area contributed by atoms with Crippen molar-refractivity contribution >= 4 is 29.3 Å². The highest BCUT2D eigenvalue weighted by Crippen LogP contribution is 2.38. The fourth-order valence-corrected chi connectivity index (χ4v) is 2.79. The fourth-order valence-electron chi connectivity index (χ4n) is 2.14. The molecule has 6 heteroatoms. The SMILES string of the molecule is CCC1(CC)Oc2ccc(SCC(=O)O)cc2NC1=O. The Kier molecular flexibility index (Phi) is 4.23. The largest absolute Gasteiger partial charge is 0.481 e. The molecule has 5 nitrogen and oxygen atoms in total. The van der Waals surface area contributed by atoms with Crippen molar-refractivity contribution in [2.45, 2.75) is 37.2 Å². The van der Waals surface area contributed by atoms with E-state index in [-0.39, 0.29) is 11.7 Å². The maximum absolute atomic E-state index is 12.2. The lowest BCUT2D eigenvalue weighted by atomic mass is 9.94. The number of anilines is 1. The standard InChI is InChI=1S/C14H17NO4S/c1-3-14(4-2)13(18)15-10-7-9(20-8-12(16)17)5-6-11(10)19-14/h5-7H,3-4,8H2,1-2H3,(H,15,18)(H,16,17). The number of nitrogens with one attached hydrogen (secondary N) is 1. The molecular weight excluding hydrogens is 278 g/mol. The molecule has 0 aliphatic carbocycles. The summed E-state index contributed by atoms with van der Waals surface area (Å²) in [6.07, 6.45) is 1.20. The van der Waals surface area contributed by atoms with Gasteiger partial charge in [0, 0.05) is 4.90 Å². The summed E-state index contributed by atoms with van der Waals surface area (Å²) >= 11 is 1.21. The molecule has 20 heavy (non-hydrogen) atoms. The third-order valence-corrected chi connectivity index (χ3v) is 4.40. The Labute approximate surface area is 121 Å². The zero-order valence-corrected chi connectivity index (χ0v) is 12.3. The number of amides is 1. The van der Waals surface area contributed by atoms with E-state index in [4.69, 9.17) is 9.84 Å². The van der Waals surface area contributed by atoms with Crippen molar-refractivity contribution in [2.24, 2.45) is 0 Å². The molecule has 1 aliphatic heterocycles. The van der Waals surface area contributed by atoms with Crippen LogP contribution in [0.15, 0.2) is 23.1 Å². The van der Waals surface area contributed by atoms with E-state index in [1.165, 1.54) is 11.8 Å². The Morgan fingerprint density at radius 1 is 1.40 bits per heavy atom. The van der Waals surface area contributed by atoms with Crippen molar-refractivity contribution in [1.29, 1.82) is 0 Å². The van der Waals surface area contributed by atoms with Crippen LogP contribution in [-0.2, 0) is 9.59 Å². The molecule has 0 fully saturated rings. The molecule has 0 saturated carbocycles. The number of carboxylic acid groups (broad SMARTS) is 1. The van der Waals surface area contributed by atoms with E-state index < -0.39 is 11.6 Å². The highest BCUT2D eigenvalue weighted by Gasteiger charge is 2.41. The van der Waals surface area contributed by atoms with Crippen LogP contribution in [0.5, 0.6) is 5.75 Å². The summed E-state index contributed by atoms with van der Waals surface area (Å²) < 4.78 is 5.87. The number of carbonyl (C=O) groups is 2. The van der Waals surface area contributed by atoms with Crippen LogP contribution in [0.4, 0.5) is 5.69 Å². The van der Waals surface area contributed by atoms with Crippen molar-refractivity contribution in [2.75, 3.05) is 11.1 Å². The average molecular weight is 295 g/mol. The molecule has 1 amide bonds. The number of hydrogen-bond acceptors (Lipinski definition) is 4. The lowest BCUT2D eigenvalue weighted by Crippen LogP contribution is -2.49. The number of thioether (sulfide) groups is 1. The minimum atomic E-state index is -0.871. The van der Waals surface area contributed by atoms with E-state index in [1.807, 2.05) is 13.8 Å². The molecule has 0 bridgehead atoms. The van der Waals surface area contributed by atoms with Gasteiger partial charge in [-0.15, -0.1) is 11.8 Å². The normalized spacial score (nSPS) is 16.0. The van der Waals surface area contributed by atoms with E-state index in [1.54, 1.807) is 18.2 Å². The van der Waals surface area contributed by atoms with Gasteiger partial charge in [0.05, 0.1) is 11.4 Å². The Balaban J connectivity index is 2.23. The zero-order chi connectivity index (χ0) is 14.8. The fraction of sp³-hybridized carbons (Fsp3) is 0.429. The second-order valence-corrected chi connectivity index (χ2v) is 5.65. The maximum atomic E-state index is 12.2. The highest BCUT2D eigenvalue weighted by atomic mass is 32.2. The zero-order valence-electron chi connectivity index (χ0n) is 11.4. The number of fused-ring (bicyclic) bond motifs is 1. The van der Waals surface area contributed by atoms with Gasteiger partial charge in [-0.05, 0) is 31.0 Å². The molecule has 0 spiro atoms. The third kappa shape index (κ3) is 2.75. The van der Waals surface area contributed by atoms with E-state index in [0.717, 1.165) is 4.90 Å². The van der Waals surface area contributed by atoms with Crippen LogP contribution in [0.3, 0.4) is 0 Å². The van der Waals surface area contributed by atoms with Crippen LogP contribution in [0.25, 0.3) is 0 Å². The molecule has 0 aromatic heterocycles. The van der Waals surface area contributed by atoms with Gasteiger partial charge >= 0.3 is 5.97 Å². The molecular formula is C14H17NO4S. The first-order chi connectivity index (χ1) is 9.50. The highest BCUT2D eigenvalue weighted by molar-refractivity contribution is 8.00. The van der Waals surface area contributed by atoms with E-state index in [9.17, 15) is 9.59 Å². The first-order valence-corrected chi connectivity index (χ1v) is 7.48. The van der Waals surface area contributed by atoms with E-state index in [0.29, 0.717) is 24.3 Å². The number of carboxylic acids is 1. The number of ether oxygens (including phenoxy) is 1. The minimum absolute atomic E-state index is 0.0125. The van der Waals surface area contributed by atoms with Gasteiger partial charge < -0.3 is 15.2 Å². The monoisotopic (exact) mass is 295 g/mol. The van der Waals surface area contributed by atoms with Crippen LogP contribution < -0.4 is 10.1 Å². The average Bonchev–Trinajstić information content (AvgIpc) is 2.44. The second-order valence-electron chi connectivity index (χ2n) is 4.60. The van der Waals surface area contributed by atoms with Gasteiger partial charge in [-0.25, -0.2) is 0 Å². The molecule has 1 aliphatic rings. The summed E-state index contributed by atoms with van der Waals surface area (Å²) in [5.74, 6) is -0.395. The number of carbonyl (C=O) groups excluding carboxylic acids is 1. The van der Waals surface area contributed by atoms with Gasteiger partial charge in [-0.1, -0.05) is 13.8 Å². The van der Waals surface area contributed by atoms with Crippen molar-refractivity contribution in [3.8, 4) is 5.75 Å². The summed E-state index contributed by atoms with van der Waals surface area (Å²) in [5, 5.41) is 11.5. The van der Waals surface area contributed by atoms with Crippen LogP contribution in [-0.4, -0.2) is 28.3 Å². The smallest absolute Gasteiger partial charge is 0.313 e. The Morgan fingerprint density at radius 3 is 2.70 bits per heavy atom. The lowest BCUT2D eigenvalue weighted by molar-refractivity contribution is -0.134. The number of hydrogen-bond donors (Lipinski definition) is 2.